The SMILES string of the molecule is Cc1ncsc1C(OCCO/C=C/ON(O)O)c1ccccc1. The molecule has 0 radical (unpaired) electrons. The minimum absolute atomic E-state index is 0.196. The van der Waals surface area contributed by atoms with Crippen LogP contribution in [0.25, 0.3) is 0 Å². The van der Waals surface area contributed by atoms with Gasteiger partial charge < -0.3 is 14.3 Å². The van der Waals surface area contributed by atoms with Gasteiger partial charge in [0.2, 0.25) is 0 Å². The lowest BCUT2D eigenvalue weighted by molar-refractivity contribution is -0.472. The molecule has 0 aliphatic carbocycles. The zero-order valence-electron chi connectivity index (χ0n) is 12.5. The Kier molecular flexibility index (Phi) is 6.98. The second-order valence-electron chi connectivity index (χ2n) is 4.46. The summed E-state index contributed by atoms with van der Waals surface area (Å²) < 4.78 is 11.1. The highest BCUT2D eigenvalue weighted by Gasteiger charge is 2.18. The van der Waals surface area contributed by atoms with Crippen LogP contribution in [0.2, 0.25) is 0 Å². The first-order valence-corrected chi connectivity index (χ1v) is 7.74. The summed E-state index contributed by atoms with van der Waals surface area (Å²) in [5, 5.41) is 16.2. The number of aromatic nitrogens is 1. The molecule has 0 spiro atoms. The number of rotatable bonds is 9. The van der Waals surface area contributed by atoms with Crippen LogP contribution in [-0.4, -0.2) is 34.0 Å². The average Bonchev–Trinajstić information content (AvgIpc) is 2.96. The van der Waals surface area contributed by atoms with Gasteiger partial charge in [-0.15, -0.1) is 11.3 Å². The maximum Gasteiger partial charge on any atom is 0.151 e. The molecule has 23 heavy (non-hydrogen) atoms. The van der Waals surface area contributed by atoms with E-state index in [1.165, 1.54) is 6.26 Å². The predicted molar refractivity (Wildman–Crippen MR) is 82.7 cm³/mol. The molecule has 2 N–H and O–H groups in total. The Labute approximate surface area is 137 Å². The number of ether oxygens (including phenoxy) is 2. The van der Waals surface area contributed by atoms with Gasteiger partial charge in [-0.1, -0.05) is 30.3 Å². The Bertz CT molecular complexity index is 603. The van der Waals surface area contributed by atoms with Crippen molar-refractivity contribution in [1.82, 2.24) is 10.4 Å². The van der Waals surface area contributed by atoms with Gasteiger partial charge in [0, 0.05) is 0 Å². The molecule has 1 atom stereocenters. The van der Waals surface area contributed by atoms with Crippen molar-refractivity contribution in [2.45, 2.75) is 13.0 Å². The average molecular weight is 338 g/mol. The van der Waals surface area contributed by atoms with E-state index in [0.29, 0.717) is 6.61 Å². The van der Waals surface area contributed by atoms with Crippen molar-refractivity contribution in [3.05, 3.63) is 64.5 Å². The maximum absolute atomic E-state index is 8.32. The number of thiazole rings is 1. The van der Waals surface area contributed by atoms with Crippen LogP contribution in [0.3, 0.4) is 0 Å². The number of benzene rings is 1. The van der Waals surface area contributed by atoms with E-state index in [9.17, 15) is 0 Å². The summed E-state index contributed by atoms with van der Waals surface area (Å²) in [4.78, 5) is 9.54. The molecule has 1 heterocycles. The van der Waals surface area contributed by atoms with Crippen LogP contribution in [0, 0.1) is 6.92 Å². The minimum atomic E-state index is -0.422. The Morgan fingerprint density at radius 2 is 2.00 bits per heavy atom. The zero-order valence-corrected chi connectivity index (χ0v) is 13.3. The third kappa shape index (κ3) is 5.62. The first-order chi connectivity index (χ1) is 11.2. The summed E-state index contributed by atoms with van der Waals surface area (Å²) in [5.41, 5.74) is 3.80. The smallest absolute Gasteiger partial charge is 0.151 e. The number of nitrogens with zero attached hydrogens (tertiary/aromatic N) is 2. The van der Waals surface area contributed by atoms with Gasteiger partial charge in [0.1, 0.15) is 24.4 Å². The quantitative estimate of drug-likeness (QED) is 0.413. The highest BCUT2D eigenvalue weighted by Crippen LogP contribution is 2.30. The maximum atomic E-state index is 8.32. The topological polar surface area (TPSA) is 84.3 Å². The zero-order chi connectivity index (χ0) is 16.5. The Hall–Kier alpha value is -1.97. The fourth-order valence-electron chi connectivity index (χ4n) is 1.91. The van der Waals surface area contributed by atoms with Crippen molar-refractivity contribution < 1.29 is 24.7 Å². The second kappa shape index (κ2) is 9.23. The lowest BCUT2D eigenvalue weighted by atomic mass is 10.1. The van der Waals surface area contributed by atoms with Crippen molar-refractivity contribution in [2.75, 3.05) is 13.2 Å². The first-order valence-electron chi connectivity index (χ1n) is 6.86. The van der Waals surface area contributed by atoms with Gasteiger partial charge in [0.25, 0.3) is 0 Å². The Morgan fingerprint density at radius 3 is 2.65 bits per heavy atom. The van der Waals surface area contributed by atoms with Crippen molar-refractivity contribution in [3.63, 3.8) is 0 Å². The van der Waals surface area contributed by atoms with Crippen LogP contribution in [0.5, 0.6) is 0 Å². The molecule has 1 aromatic carbocycles. The molecule has 0 aliphatic rings. The van der Waals surface area contributed by atoms with Crippen LogP contribution < -0.4 is 0 Å². The van der Waals surface area contributed by atoms with Crippen molar-refractivity contribution in [1.29, 1.82) is 0 Å². The highest BCUT2D eigenvalue weighted by atomic mass is 32.1. The fourth-order valence-corrected chi connectivity index (χ4v) is 2.79. The van der Waals surface area contributed by atoms with E-state index in [1.54, 1.807) is 16.8 Å². The van der Waals surface area contributed by atoms with Gasteiger partial charge in [0.15, 0.2) is 6.26 Å². The molecule has 0 saturated heterocycles. The first kappa shape index (κ1) is 17.4. The normalized spacial score (nSPS) is 12.7. The summed E-state index contributed by atoms with van der Waals surface area (Å²) in [6.45, 7) is 2.60. The van der Waals surface area contributed by atoms with E-state index in [1.807, 2.05) is 37.3 Å². The molecule has 1 aromatic heterocycles. The van der Waals surface area contributed by atoms with E-state index in [-0.39, 0.29) is 12.7 Å². The van der Waals surface area contributed by atoms with Crippen molar-refractivity contribution >= 4 is 11.3 Å². The summed E-state index contributed by atoms with van der Waals surface area (Å²) in [6, 6.07) is 9.91. The molecule has 2 aromatic rings. The molecule has 0 amide bonds. The molecule has 8 heteroatoms. The number of hydrogen-bond donors (Lipinski definition) is 2. The van der Waals surface area contributed by atoms with E-state index in [2.05, 4.69) is 9.82 Å². The van der Waals surface area contributed by atoms with Crippen LogP contribution in [0.4, 0.5) is 0 Å². The van der Waals surface area contributed by atoms with Gasteiger partial charge in [-0.2, -0.15) is 0 Å². The van der Waals surface area contributed by atoms with E-state index >= 15 is 0 Å². The Morgan fingerprint density at radius 1 is 1.22 bits per heavy atom. The molecule has 124 valence electrons. The van der Waals surface area contributed by atoms with Crippen molar-refractivity contribution in [2.24, 2.45) is 0 Å². The molecule has 0 saturated carbocycles. The van der Waals surface area contributed by atoms with E-state index in [4.69, 9.17) is 19.9 Å². The molecular formula is C15H18N2O5S. The second-order valence-corrected chi connectivity index (χ2v) is 5.35. The molecule has 7 nitrogen and oxygen atoms in total. The summed E-state index contributed by atoms with van der Waals surface area (Å²) in [6.07, 6.45) is 1.98. The lowest BCUT2D eigenvalue weighted by Gasteiger charge is -2.17. The summed E-state index contributed by atoms with van der Waals surface area (Å²) >= 11 is 1.56. The molecule has 0 fully saturated rings. The third-order valence-electron chi connectivity index (χ3n) is 2.92. The molecule has 1 unspecified atom stereocenters. The van der Waals surface area contributed by atoms with Crippen LogP contribution in [-0.2, 0) is 14.3 Å². The fraction of sp³-hybridized carbons (Fsp3) is 0.267. The van der Waals surface area contributed by atoms with Crippen LogP contribution in [0.15, 0.2) is 48.4 Å². The summed E-state index contributed by atoms with van der Waals surface area (Å²) in [7, 11) is 0. The third-order valence-corrected chi connectivity index (χ3v) is 3.89. The minimum Gasteiger partial charge on any atom is -0.495 e. The highest BCUT2D eigenvalue weighted by molar-refractivity contribution is 7.09. The predicted octanol–water partition coefficient (Wildman–Crippen LogP) is 3.06. The van der Waals surface area contributed by atoms with Gasteiger partial charge >= 0.3 is 0 Å². The van der Waals surface area contributed by atoms with Crippen LogP contribution >= 0.6 is 11.3 Å². The monoisotopic (exact) mass is 338 g/mol. The van der Waals surface area contributed by atoms with Crippen molar-refractivity contribution in [3.8, 4) is 0 Å². The Balaban J connectivity index is 1.90. The van der Waals surface area contributed by atoms with Gasteiger partial charge in [-0.25, -0.2) is 4.98 Å². The number of hydrogen-bond acceptors (Lipinski definition) is 8. The van der Waals surface area contributed by atoms with Gasteiger partial charge in [0.05, 0.1) is 22.7 Å². The standard InChI is InChI=1S/C15H18N2O5S/c1-12-15(23-11-16-12)14(13-5-3-2-4-6-13)21-9-7-20-8-10-22-17(18)19/h2-6,8,10-11,14,18-19H,7,9H2,1H3/b10-8+. The van der Waals surface area contributed by atoms with Gasteiger partial charge in [-0.3, -0.25) is 10.4 Å². The molecule has 0 bridgehead atoms. The van der Waals surface area contributed by atoms with Gasteiger partial charge in [-0.05, 0) is 12.5 Å². The lowest BCUT2D eigenvalue weighted by Crippen LogP contribution is -2.11. The summed E-state index contributed by atoms with van der Waals surface area (Å²) in [5.74, 6) is 0. The molecule has 2 rings (SSSR count). The van der Waals surface area contributed by atoms with Crippen LogP contribution in [0.1, 0.15) is 22.2 Å². The molecular weight excluding hydrogens is 320 g/mol. The molecule has 0 aliphatic heterocycles. The number of aryl methyl sites for hydroxylation is 1. The largest absolute Gasteiger partial charge is 0.495 e. The van der Waals surface area contributed by atoms with E-state index in [0.717, 1.165) is 22.4 Å². The van der Waals surface area contributed by atoms with E-state index < -0.39 is 5.39 Å².